The average Bonchev–Trinajstić information content (AvgIpc) is 3.24. The van der Waals surface area contributed by atoms with Gasteiger partial charge in [0.15, 0.2) is 5.82 Å². The van der Waals surface area contributed by atoms with E-state index >= 15 is 0 Å². The monoisotopic (exact) mass is 303 g/mol. The van der Waals surface area contributed by atoms with Crippen molar-refractivity contribution in [3.8, 4) is 22.6 Å². The van der Waals surface area contributed by atoms with Gasteiger partial charge in [-0.3, -0.25) is 10.2 Å². The van der Waals surface area contributed by atoms with E-state index < -0.39 is 0 Å². The van der Waals surface area contributed by atoms with Crippen molar-refractivity contribution in [3.05, 3.63) is 54.4 Å². The zero-order chi connectivity index (χ0) is 15.8. The molecule has 2 aromatic carbocycles. The predicted octanol–water partition coefficient (Wildman–Crippen LogP) is 4.14. The van der Waals surface area contributed by atoms with Gasteiger partial charge in [0, 0.05) is 16.5 Å². The van der Waals surface area contributed by atoms with Crippen LogP contribution in [0.25, 0.3) is 33.5 Å². The summed E-state index contributed by atoms with van der Waals surface area (Å²) in [4.78, 5) is 4.22. The molecule has 23 heavy (non-hydrogen) atoms. The minimum atomic E-state index is 0.491. The molecule has 0 atom stereocenters. The lowest BCUT2D eigenvalue weighted by Crippen LogP contribution is -1.88. The molecule has 5 nitrogen and oxygen atoms in total. The first-order valence-electron chi connectivity index (χ1n) is 7.66. The van der Waals surface area contributed by atoms with Crippen LogP contribution in [0.4, 0.5) is 0 Å². The number of hydrogen-bond acceptors (Lipinski definition) is 3. The van der Waals surface area contributed by atoms with E-state index in [1.54, 1.807) is 0 Å². The van der Waals surface area contributed by atoms with Crippen LogP contribution in [0.2, 0.25) is 0 Å². The lowest BCUT2D eigenvalue weighted by Gasteiger charge is -2.07. The number of nitrogens with one attached hydrogen (secondary N) is 2. The van der Waals surface area contributed by atoms with Gasteiger partial charge in [-0.2, -0.15) is 10.2 Å². The van der Waals surface area contributed by atoms with Gasteiger partial charge >= 0.3 is 0 Å². The second-order valence-electron chi connectivity index (χ2n) is 5.95. The molecule has 2 N–H and O–H groups in total. The number of fused-ring (bicyclic) bond motifs is 1. The van der Waals surface area contributed by atoms with E-state index in [0.717, 1.165) is 33.5 Å². The Balaban J connectivity index is 1.87. The third-order valence-corrected chi connectivity index (χ3v) is 4.08. The summed E-state index contributed by atoms with van der Waals surface area (Å²) >= 11 is 0. The third-order valence-electron chi connectivity index (χ3n) is 4.08. The number of benzene rings is 2. The largest absolute Gasteiger partial charge is 0.277 e. The van der Waals surface area contributed by atoms with Crippen molar-refractivity contribution in [2.45, 2.75) is 19.8 Å². The molecule has 0 aliphatic carbocycles. The Bertz CT molecular complexity index is 951. The molecule has 0 aliphatic heterocycles. The normalized spacial score (nSPS) is 11.4. The first-order valence-corrected chi connectivity index (χ1v) is 7.66. The Morgan fingerprint density at radius 3 is 2.65 bits per heavy atom. The summed E-state index contributed by atoms with van der Waals surface area (Å²) in [5.74, 6) is 1.25. The fourth-order valence-corrected chi connectivity index (χ4v) is 2.77. The molecule has 0 radical (unpaired) electrons. The van der Waals surface area contributed by atoms with Gasteiger partial charge in [-0.25, -0.2) is 4.98 Å². The number of rotatable bonds is 3. The van der Waals surface area contributed by atoms with Gasteiger partial charge in [-0.1, -0.05) is 32.0 Å². The molecular formula is C18H17N5. The van der Waals surface area contributed by atoms with Crippen molar-refractivity contribution < 1.29 is 0 Å². The highest BCUT2D eigenvalue weighted by atomic mass is 15.2. The van der Waals surface area contributed by atoms with E-state index in [1.165, 1.54) is 11.9 Å². The first-order chi connectivity index (χ1) is 11.2. The average molecular weight is 303 g/mol. The standard InChI is InChI=1S/C18H17N5/c1-11(2)12-4-3-5-13(8-12)17-15-9-14(18-19-10-20-23-18)6-7-16(15)21-22-17/h3-11H,1-2H3,(H,21,22)(H,19,20,23). The van der Waals surface area contributed by atoms with Crippen LogP contribution >= 0.6 is 0 Å². The lowest BCUT2D eigenvalue weighted by atomic mass is 9.98. The molecule has 5 heteroatoms. The van der Waals surface area contributed by atoms with Crippen LogP contribution in [0.5, 0.6) is 0 Å². The Kier molecular flexibility index (Phi) is 3.19. The summed E-state index contributed by atoms with van der Waals surface area (Å²) in [5.41, 5.74) is 5.40. The van der Waals surface area contributed by atoms with E-state index in [9.17, 15) is 0 Å². The highest BCUT2D eigenvalue weighted by molar-refractivity contribution is 5.95. The lowest BCUT2D eigenvalue weighted by molar-refractivity contribution is 0.867. The molecular weight excluding hydrogens is 286 g/mol. The maximum absolute atomic E-state index is 4.52. The number of H-pyrrole nitrogens is 2. The van der Waals surface area contributed by atoms with Gasteiger partial charge in [0.25, 0.3) is 0 Å². The van der Waals surface area contributed by atoms with E-state index in [-0.39, 0.29) is 0 Å². The molecule has 0 saturated carbocycles. The zero-order valence-corrected chi connectivity index (χ0v) is 13.0. The summed E-state index contributed by atoms with van der Waals surface area (Å²) in [6, 6.07) is 14.7. The van der Waals surface area contributed by atoms with Crippen molar-refractivity contribution in [3.63, 3.8) is 0 Å². The van der Waals surface area contributed by atoms with Gasteiger partial charge in [0.2, 0.25) is 0 Å². The molecule has 0 spiro atoms. The van der Waals surface area contributed by atoms with Crippen LogP contribution in [-0.4, -0.2) is 25.4 Å². The van der Waals surface area contributed by atoms with Crippen LogP contribution in [-0.2, 0) is 0 Å². The molecule has 4 rings (SSSR count). The molecule has 0 bridgehead atoms. The SMILES string of the molecule is CC(C)c1cccc(-c2n[nH]c3ccc(-c4ncn[nH]4)cc23)c1. The van der Waals surface area contributed by atoms with Crippen LogP contribution in [0.15, 0.2) is 48.8 Å². The van der Waals surface area contributed by atoms with Crippen molar-refractivity contribution >= 4 is 10.9 Å². The maximum atomic E-state index is 4.52. The van der Waals surface area contributed by atoms with Crippen LogP contribution in [0.1, 0.15) is 25.3 Å². The minimum absolute atomic E-state index is 0.491. The van der Waals surface area contributed by atoms with Crippen LogP contribution in [0.3, 0.4) is 0 Å². The molecule has 0 amide bonds. The van der Waals surface area contributed by atoms with Crippen molar-refractivity contribution in [1.29, 1.82) is 0 Å². The Morgan fingerprint density at radius 2 is 1.87 bits per heavy atom. The summed E-state index contributed by atoms with van der Waals surface area (Å²) < 4.78 is 0. The fourth-order valence-electron chi connectivity index (χ4n) is 2.77. The Labute approximate surface area is 133 Å². The second kappa shape index (κ2) is 5.35. The first kappa shape index (κ1) is 13.7. The molecule has 2 aromatic heterocycles. The summed E-state index contributed by atoms with van der Waals surface area (Å²) in [5, 5.41) is 15.5. The van der Waals surface area contributed by atoms with Crippen molar-refractivity contribution in [2.24, 2.45) is 0 Å². The van der Waals surface area contributed by atoms with E-state index in [4.69, 9.17) is 0 Å². The Morgan fingerprint density at radius 1 is 0.957 bits per heavy atom. The summed E-state index contributed by atoms with van der Waals surface area (Å²) in [6.45, 7) is 4.40. The Hall–Kier alpha value is -2.95. The quantitative estimate of drug-likeness (QED) is 0.597. The van der Waals surface area contributed by atoms with Crippen LogP contribution < -0.4 is 0 Å². The topological polar surface area (TPSA) is 70.2 Å². The third kappa shape index (κ3) is 2.40. The second-order valence-corrected chi connectivity index (χ2v) is 5.95. The van der Waals surface area contributed by atoms with Gasteiger partial charge in [-0.15, -0.1) is 0 Å². The van der Waals surface area contributed by atoms with E-state index in [2.05, 4.69) is 69.6 Å². The molecule has 0 saturated heterocycles. The highest BCUT2D eigenvalue weighted by Gasteiger charge is 2.11. The summed E-state index contributed by atoms with van der Waals surface area (Å²) in [7, 11) is 0. The molecule has 0 aliphatic rings. The zero-order valence-electron chi connectivity index (χ0n) is 13.0. The smallest absolute Gasteiger partial charge is 0.155 e. The number of nitrogens with zero attached hydrogens (tertiary/aromatic N) is 3. The highest BCUT2D eigenvalue weighted by Crippen LogP contribution is 2.30. The van der Waals surface area contributed by atoms with Crippen LogP contribution in [0, 0.1) is 0 Å². The van der Waals surface area contributed by atoms with E-state index in [1.807, 2.05) is 12.1 Å². The molecule has 0 unspecified atom stereocenters. The number of aromatic amines is 2. The number of hydrogen-bond donors (Lipinski definition) is 2. The van der Waals surface area contributed by atoms with Crippen molar-refractivity contribution in [2.75, 3.05) is 0 Å². The van der Waals surface area contributed by atoms with Gasteiger partial charge in [-0.05, 0) is 35.7 Å². The number of aromatic nitrogens is 5. The van der Waals surface area contributed by atoms with Crippen molar-refractivity contribution in [1.82, 2.24) is 25.4 Å². The maximum Gasteiger partial charge on any atom is 0.155 e. The molecule has 4 aromatic rings. The fraction of sp³-hybridized carbons (Fsp3) is 0.167. The summed E-state index contributed by atoms with van der Waals surface area (Å²) in [6.07, 6.45) is 1.52. The molecule has 114 valence electrons. The van der Waals surface area contributed by atoms with Gasteiger partial charge in [0.1, 0.15) is 6.33 Å². The molecule has 2 heterocycles. The van der Waals surface area contributed by atoms with E-state index in [0.29, 0.717) is 5.92 Å². The van der Waals surface area contributed by atoms with Gasteiger partial charge in [0.05, 0.1) is 11.2 Å². The molecule has 0 fully saturated rings. The minimum Gasteiger partial charge on any atom is -0.277 e. The van der Waals surface area contributed by atoms with Gasteiger partial charge < -0.3 is 0 Å². The predicted molar refractivity (Wildman–Crippen MR) is 91.0 cm³/mol.